The lowest BCUT2D eigenvalue weighted by atomic mass is 9.43. The molecule has 4 bridgehead atoms. The van der Waals surface area contributed by atoms with Gasteiger partial charge in [0.15, 0.2) is 0 Å². The van der Waals surface area contributed by atoms with Crippen molar-refractivity contribution in [3.63, 3.8) is 0 Å². The maximum Gasteiger partial charge on any atom is 0.315 e. The molecular formula is C25H35NO4. The Morgan fingerprint density at radius 1 is 1.43 bits per heavy atom. The summed E-state index contributed by atoms with van der Waals surface area (Å²) >= 11 is 0. The Labute approximate surface area is 179 Å². The second kappa shape index (κ2) is 7.19. The van der Waals surface area contributed by atoms with E-state index in [2.05, 4.69) is 26.0 Å². The third kappa shape index (κ3) is 2.27. The molecular weight excluding hydrogens is 378 g/mol. The van der Waals surface area contributed by atoms with Gasteiger partial charge in [-0.1, -0.05) is 45.8 Å². The zero-order valence-corrected chi connectivity index (χ0v) is 18.7. The standard InChI is InChI=1S/C25H35NO4/c1-5-6-7-30-14-24-11-19-16(4)17(12-26)8-21(19)23(13-27)10-18(24)9-20(15(2)3)25(23,24)22(28)29/h9,13,15-19,21H,5-8,10-11,14H2,1-4H3,(H,28,29)/t16?,17?,18-,19?,21?,23-,24-,25-/m0/s1. The largest absolute Gasteiger partial charge is 0.481 e. The first-order valence-corrected chi connectivity index (χ1v) is 11.7. The average Bonchev–Trinajstić information content (AvgIpc) is 3.25. The fourth-order valence-electron chi connectivity index (χ4n) is 8.30. The molecule has 4 aliphatic carbocycles. The number of carboxylic acids is 1. The van der Waals surface area contributed by atoms with Crippen molar-refractivity contribution in [3.05, 3.63) is 11.6 Å². The first-order valence-electron chi connectivity index (χ1n) is 11.7. The lowest BCUT2D eigenvalue weighted by Crippen LogP contribution is -2.63. The summed E-state index contributed by atoms with van der Waals surface area (Å²) in [5.41, 5.74) is -1.82. The van der Waals surface area contributed by atoms with Gasteiger partial charge in [-0.25, -0.2) is 0 Å². The molecule has 3 fully saturated rings. The molecule has 0 aliphatic heterocycles. The zero-order chi connectivity index (χ0) is 21.9. The van der Waals surface area contributed by atoms with Gasteiger partial charge < -0.3 is 14.6 Å². The molecule has 30 heavy (non-hydrogen) atoms. The summed E-state index contributed by atoms with van der Waals surface area (Å²) in [6.07, 6.45) is 7.13. The van der Waals surface area contributed by atoms with Crippen molar-refractivity contribution in [3.8, 4) is 6.07 Å². The minimum absolute atomic E-state index is 0.0398. The molecule has 0 saturated heterocycles. The number of nitrogens with zero attached hydrogens (tertiary/aromatic N) is 1. The SMILES string of the molecule is CCCCOC[C@@]12CC3C(C)C(C#N)CC3[C@@]3(C=O)C[C@@H]1C=C(C(C)C)[C@@]23C(=O)O. The van der Waals surface area contributed by atoms with Crippen LogP contribution in [0.2, 0.25) is 0 Å². The van der Waals surface area contributed by atoms with Crippen molar-refractivity contribution in [1.82, 2.24) is 0 Å². The molecule has 0 aromatic heterocycles. The summed E-state index contributed by atoms with van der Waals surface area (Å²) in [4.78, 5) is 26.2. The molecule has 0 spiro atoms. The number of rotatable bonds is 8. The zero-order valence-electron chi connectivity index (χ0n) is 18.7. The average molecular weight is 414 g/mol. The monoisotopic (exact) mass is 413 g/mol. The van der Waals surface area contributed by atoms with Gasteiger partial charge in [0, 0.05) is 17.9 Å². The van der Waals surface area contributed by atoms with Gasteiger partial charge in [0.2, 0.25) is 0 Å². The first-order chi connectivity index (χ1) is 14.3. The van der Waals surface area contributed by atoms with Crippen molar-refractivity contribution in [1.29, 1.82) is 5.26 Å². The van der Waals surface area contributed by atoms with Crippen LogP contribution >= 0.6 is 0 Å². The van der Waals surface area contributed by atoms with E-state index in [0.29, 0.717) is 26.1 Å². The summed E-state index contributed by atoms with van der Waals surface area (Å²) in [6.45, 7) is 9.34. The topological polar surface area (TPSA) is 87.4 Å². The number of unbranched alkanes of at least 4 members (excludes halogenated alkanes) is 1. The van der Waals surface area contributed by atoms with E-state index >= 15 is 0 Å². The van der Waals surface area contributed by atoms with Crippen molar-refractivity contribution in [2.24, 2.45) is 51.8 Å². The number of hydrogen-bond acceptors (Lipinski definition) is 4. The summed E-state index contributed by atoms with van der Waals surface area (Å²) in [6, 6.07) is 2.45. The van der Waals surface area contributed by atoms with Crippen LogP contribution in [-0.2, 0) is 14.3 Å². The molecule has 4 rings (SSSR count). The molecule has 0 heterocycles. The molecule has 4 aliphatic rings. The smallest absolute Gasteiger partial charge is 0.315 e. The van der Waals surface area contributed by atoms with Crippen LogP contribution in [0.4, 0.5) is 0 Å². The Morgan fingerprint density at radius 3 is 2.73 bits per heavy atom. The molecule has 1 N–H and O–H groups in total. The van der Waals surface area contributed by atoms with E-state index < -0.39 is 22.2 Å². The number of fused-ring (bicyclic) bond motifs is 2. The summed E-state index contributed by atoms with van der Waals surface area (Å²) in [7, 11) is 0. The van der Waals surface area contributed by atoms with Crippen LogP contribution in [0.5, 0.6) is 0 Å². The Balaban J connectivity index is 1.90. The molecule has 8 atom stereocenters. The number of nitriles is 1. The van der Waals surface area contributed by atoms with E-state index in [1.165, 1.54) is 0 Å². The van der Waals surface area contributed by atoms with Crippen molar-refractivity contribution in [2.45, 2.75) is 59.8 Å². The van der Waals surface area contributed by atoms with Crippen molar-refractivity contribution in [2.75, 3.05) is 13.2 Å². The maximum atomic E-state index is 13.3. The molecule has 5 nitrogen and oxygen atoms in total. The van der Waals surface area contributed by atoms with Gasteiger partial charge in [-0.15, -0.1) is 0 Å². The number of carboxylic acid groups (broad SMARTS) is 1. The Morgan fingerprint density at radius 2 is 2.17 bits per heavy atom. The number of aliphatic carboxylic acids is 1. The van der Waals surface area contributed by atoms with Crippen LogP contribution in [0.25, 0.3) is 0 Å². The van der Waals surface area contributed by atoms with E-state index in [4.69, 9.17) is 4.74 Å². The Kier molecular flexibility index (Phi) is 5.17. The number of carbonyl (C=O) groups excluding carboxylic acids is 1. The normalized spacial score (nSPS) is 45.9. The minimum atomic E-state index is -1.21. The van der Waals surface area contributed by atoms with Gasteiger partial charge in [0.25, 0.3) is 0 Å². The van der Waals surface area contributed by atoms with Gasteiger partial charge in [-0.2, -0.15) is 5.26 Å². The van der Waals surface area contributed by atoms with E-state index in [0.717, 1.165) is 31.1 Å². The lowest BCUT2D eigenvalue weighted by Gasteiger charge is -2.58. The highest BCUT2D eigenvalue weighted by atomic mass is 16.5. The summed E-state index contributed by atoms with van der Waals surface area (Å²) < 4.78 is 6.17. The third-order valence-electron chi connectivity index (χ3n) is 9.44. The van der Waals surface area contributed by atoms with Gasteiger partial charge in [0.05, 0.1) is 18.1 Å². The molecule has 3 saturated carbocycles. The Bertz CT molecular complexity index is 812. The highest BCUT2D eigenvalue weighted by Gasteiger charge is 2.84. The van der Waals surface area contributed by atoms with Crippen LogP contribution in [0.15, 0.2) is 11.6 Å². The van der Waals surface area contributed by atoms with E-state index in [9.17, 15) is 20.0 Å². The Hall–Kier alpha value is -1.67. The molecule has 4 unspecified atom stereocenters. The predicted molar refractivity (Wildman–Crippen MR) is 112 cm³/mol. The van der Waals surface area contributed by atoms with Gasteiger partial charge in [-0.3, -0.25) is 4.79 Å². The fourth-order valence-corrected chi connectivity index (χ4v) is 8.30. The molecule has 0 aromatic carbocycles. The number of hydrogen-bond donors (Lipinski definition) is 1. The van der Waals surface area contributed by atoms with E-state index in [1.807, 2.05) is 13.8 Å². The number of aldehydes is 1. The maximum absolute atomic E-state index is 13.3. The third-order valence-corrected chi connectivity index (χ3v) is 9.44. The minimum Gasteiger partial charge on any atom is -0.481 e. The molecule has 0 radical (unpaired) electrons. The molecule has 5 heteroatoms. The van der Waals surface area contributed by atoms with Crippen LogP contribution in [0.3, 0.4) is 0 Å². The van der Waals surface area contributed by atoms with Crippen LogP contribution in [0.1, 0.15) is 59.8 Å². The second-order valence-electron chi connectivity index (χ2n) is 10.7. The molecule has 0 amide bonds. The van der Waals surface area contributed by atoms with Gasteiger partial charge in [-0.05, 0) is 55.3 Å². The van der Waals surface area contributed by atoms with Crippen molar-refractivity contribution < 1.29 is 19.4 Å². The van der Waals surface area contributed by atoms with E-state index in [-0.39, 0.29) is 35.5 Å². The lowest BCUT2D eigenvalue weighted by molar-refractivity contribution is -0.186. The fraction of sp³-hybridized carbons (Fsp3) is 0.800. The van der Waals surface area contributed by atoms with Crippen LogP contribution in [0, 0.1) is 63.1 Å². The number of allylic oxidation sites excluding steroid dienone is 1. The first kappa shape index (κ1) is 21.6. The van der Waals surface area contributed by atoms with Crippen LogP contribution in [-0.4, -0.2) is 30.6 Å². The molecule has 0 aromatic rings. The second-order valence-corrected chi connectivity index (χ2v) is 10.7. The predicted octanol–water partition coefficient (Wildman–Crippen LogP) is 4.48. The van der Waals surface area contributed by atoms with Gasteiger partial charge >= 0.3 is 5.97 Å². The summed E-state index contributed by atoms with van der Waals surface area (Å²) in [5.74, 6) is -0.515. The van der Waals surface area contributed by atoms with Crippen molar-refractivity contribution >= 4 is 12.3 Å². The summed E-state index contributed by atoms with van der Waals surface area (Å²) in [5, 5.41) is 20.6. The highest BCUT2D eigenvalue weighted by Crippen LogP contribution is 2.82. The highest BCUT2D eigenvalue weighted by molar-refractivity contribution is 5.90. The molecule has 164 valence electrons. The van der Waals surface area contributed by atoms with Crippen LogP contribution < -0.4 is 0 Å². The number of ether oxygens (including phenoxy) is 1. The quantitative estimate of drug-likeness (QED) is 0.360. The number of carbonyl (C=O) groups is 2. The van der Waals surface area contributed by atoms with Gasteiger partial charge in [0.1, 0.15) is 11.7 Å². The van der Waals surface area contributed by atoms with E-state index in [1.54, 1.807) is 0 Å².